The minimum Gasteiger partial charge on any atom is -0.408 e. The molecule has 23 heavy (non-hydrogen) atoms. The Labute approximate surface area is 141 Å². The van der Waals surface area contributed by atoms with E-state index in [2.05, 4.69) is 10.3 Å². The van der Waals surface area contributed by atoms with E-state index in [-0.39, 0.29) is 5.91 Å². The quantitative estimate of drug-likeness (QED) is 0.746. The van der Waals surface area contributed by atoms with E-state index in [9.17, 15) is 9.59 Å². The number of amides is 1. The lowest BCUT2D eigenvalue weighted by molar-refractivity contribution is -0.116. The number of anilines is 1. The van der Waals surface area contributed by atoms with Crippen LogP contribution in [0.1, 0.15) is 12.0 Å². The molecular formula is C16H12Cl2N2O3. The van der Waals surface area contributed by atoms with E-state index < -0.39 is 5.76 Å². The first kappa shape index (κ1) is 15.6. The molecule has 0 saturated carbocycles. The van der Waals surface area contributed by atoms with Crippen LogP contribution in [0, 0.1) is 0 Å². The van der Waals surface area contributed by atoms with Gasteiger partial charge >= 0.3 is 5.76 Å². The van der Waals surface area contributed by atoms with Crippen LogP contribution in [0.2, 0.25) is 10.0 Å². The van der Waals surface area contributed by atoms with Gasteiger partial charge in [-0.3, -0.25) is 9.78 Å². The molecule has 0 spiro atoms. The van der Waals surface area contributed by atoms with Crippen LogP contribution in [-0.2, 0) is 11.2 Å². The van der Waals surface area contributed by atoms with E-state index in [1.165, 1.54) is 0 Å². The fraction of sp³-hybridized carbons (Fsp3) is 0.125. The van der Waals surface area contributed by atoms with Crippen molar-refractivity contribution >= 4 is 45.9 Å². The Hall–Kier alpha value is -2.24. The van der Waals surface area contributed by atoms with Gasteiger partial charge < -0.3 is 9.73 Å². The highest BCUT2D eigenvalue weighted by Gasteiger charge is 2.07. The molecule has 1 amide bonds. The number of rotatable bonds is 4. The van der Waals surface area contributed by atoms with Crippen molar-refractivity contribution in [2.75, 3.05) is 5.32 Å². The van der Waals surface area contributed by atoms with E-state index in [0.717, 1.165) is 5.56 Å². The number of carbonyl (C=O) groups is 1. The van der Waals surface area contributed by atoms with Gasteiger partial charge in [-0.15, -0.1) is 0 Å². The minimum atomic E-state index is -0.491. The molecule has 0 atom stereocenters. The molecule has 7 heteroatoms. The number of hydrogen-bond acceptors (Lipinski definition) is 3. The van der Waals surface area contributed by atoms with Crippen molar-refractivity contribution in [2.24, 2.45) is 0 Å². The summed E-state index contributed by atoms with van der Waals surface area (Å²) < 4.78 is 4.93. The zero-order valence-electron chi connectivity index (χ0n) is 11.9. The Morgan fingerprint density at radius 2 is 1.96 bits per heavy atom. The van der Waals surface area contributed by atoms with Gasteiger partial charge in [0.05, 0.1) is 15.6 Å². The smallest absolute Gasteiger partial charge is 0.408 e. The lowest BCUT2D eigenvalue weighted by Gasteiger charge is -2.06. The van der Waals surface area contributed by atoms with Gasteiger partial charge in [0, 0.05) is 12.1 Å². The Kier molecular flexibility index (Phi) is 4.41. The first-order chi connectivity index (χ1) is 11.0. The summed E-state index contributed by atoms with van der Waals surface area (Å²) in [5.41, 5.74) is 2.65. The summed E-state index contributed by atoms with van der Waals surface area (Å²) in [6, 6.07) is 10.2. The summed E-state index contributed by atoms with van der Waals surface area (Å²) in [7, 11) is 0. The van der Waals surface area contributed by atoms with Crippen molar-refractivity contribution in [3.05, 3.63) is 62.6 Å². The van der Waals surface area contributed by atoms with Crippen LogP contribution in [0.4, 0.5) is 5.69 Å². The second kappa shape index (κ2) is 6.48. The number of carbonyl (C=O) groups excluding carboxylic acids is 1. The molecule has 0 unspecified atom stereocenters. The highest BCUT2D eigenvalue weighted by atomic mass is 35.5. The molecule has 3 aromatic rings. The highest BCUT2D eigenvalue weighted by Crippen LogP contribution is 2.25. The van der Waals surface area contributed by atoms with E-state index in [1.807, 2.05) is 6.07 Å². The maximum absolute atomic E-state index is 12.0. The summed E-state index contributed by atoms with van der Waals surface area (Å²) in [5, 5.41) is 3.59. The van der Waals surface area contributed by atoms with E-state index in [1.54, 1.807) is 30.3 Å². The molecule has 0 aliphatic carbocycles. The van der Waals surface area contributed by atoms with E-state index >= 15 is 0 Å². The molecule has 118 valence electrons. The molecule has 3 rings (SSSR count). The number of hydrogen-bond donors (Lipinski definition) is 2. The van der Waals surface area contributed by atoms with Crippen molar-refractivity contribution < 1.29 is 9.21 Å². The fourth-order valence-corrected chi connectivity index (χ4v) is 2.51. The van der Waals surface area contributed by atoms with Gasteiger partial charge in [0.15, 0.2) is 5.58 Å². The Morgan fingerprint density at radius 3 is 2.74 bits per heavy atom. The zero-order chi connectivity index (χ0) is 16.4. The van der Waals surface area contributed by atoms with Gasteiger partial charge in [-0.1, -0.05) is 29.3 Å². The number of aromatic nitrogens is 1. The van der Waals surface area contributed by atoms with Crippen LogP contribution < -0.4 is 11.1 Å². The average molecular weight is 351 g/mol. The molecule has 0 saturated heterocycles. The Bertz CT molecular complexity index is 930. The molecule has 5 nitrogen and oxygen atoms in total. The number of oxazole rings is 1. The first-order valence-corrected chi connectivity index (χ1v) is 7.63. The molecule has 0 radical (unpaired) electrons. The normalized spacial score (nSPS) is 10.9. The van der Waals surface area contributed by atoms with Crippen LogP contribution in [0.3, 0.4) is 0 Å². The van der Waals surface area contributed by atoms with Gasteiger partial charge in [-0.25, -0.2) is 4.79 Å². The molecule has 0 bridgehead atoms. The maximum Gasteiger partial charge on any atom is 0.417 e. The zero-order valence-corrected chi connectivity index (χ0v) is 13.4. The first-order valence-electron chi connectivity index (χ1n) is 6.88. The summed E-state index contributed by atoms with van der Waals surface area (Å²) in [6.45, 7) is 0. The predicted octanol–water partition coefficient (Wildman–Crippen LogP) is 4.00. The molecule has 0 aliphatic heterocycles. The largest absolute Gasteiger partial charge is 0.417 e. The summed E-state index contributed by atoms with van der Waals surface area (Å²) in [4.78, 5) is 25.7. The molecular weight excluding hydrogens is 339 g/mol. The molecule has 1 aromatic heterocycles. The maximum atomic E-state index is 12.0. The van der Waals surface area contributed by atoms with Crippen molar-refractivity contribution in [3.8, 4) is 0 Å². The Balaban J connectivity index is 1.63. The second-order valence-corrected chi connectivity index (χ2v) is 5.84. The standard InChI is InChI=1S/C16H12Cl2N2O3/c17-11-4-3-10(8-12(11)18)19-15(21)6-2-9-1-5-14-13(7-9)20-16(22)23-14/h1,3-5,7-8H,2,6H2,(H,19,21)(H,20,22). The van der Waals surface area contributed by atoms with Crippen LogP contribution in [-0.4, -0.2) is 10.9 Å². The molecule has 1 heterocycles. The number of aromatic amines is 1. The third kappa shape index (κ3) is 3.75. The highest BCUT2D eigenvalue weighted by molar-refractivity contribution is 6.42. The number of nitrogens with one attached hydrogen (secondary N) is 2. The Morgan fingerprint density at radius 1 is 1.13 bits per heavy atom. The number of benzene rings is 2. The fourth-order valence-electron chi connectivity index (χ4n) is 2.21. The van der Waals surface area contributed by atoms with Crippen molar-refractivity contribution in [1.82, 2.24) is 4.98 Å². The van der Waals surface area contributed by atoms with Crippen molar-refractivity contribution in [2.45, 2.75) is 12.8 Å². The number of aryl methyl sites for hydroxylation is 1. The average Bonchev–Trinajstić information content (AvgIpc) is 2.88. The topological polar surface area (TPSA) is 75.1 Å². The molecule has 0 fully saturated rings. The van der Waals surface area contributed by atoms with E-state index in [0.29, 0.717) is 39.7 Å². The number of H-pyrrole nitrogens is 1. The lowest BCUT2D eigenvalue weighted by Crippen LogP contribution is -2.12. The minimum absolute atomic E-state index is 0.135. The second-order valence-electron chi connectivity index (χ2n) is 5.02. The van der Waals surface area contributed by atoms with Gasteiger partial charge in [0.1, 0.15) is 0 Å². The van der Waals surface area contributed by atoms with Crippen LogP contribution in [0.5, 0.6) is 0 Å². The summed E-state index contributed by atoms with van der Waals surface area (Å²) >= 11 is 11.7. The third-order valence-corrected chi connectivity index (χ3v) is 4.07. The summed E-state index contributed by atoms with van der Waals surface area (Å²) in [6.07, 6.45) is 0.837. The van der Waals surface area contributed by atoms with Gasteiger partial charge in [0.25, 0.3) is 0 Å². The van der Waals surface area contributed by atoms with Gasteiger partial charge in [-0.05, 0) is 42.3 Å². The lowest BCUT2D eigenvalue weighted by atomic mass is 10.1. The van der Waals surface area contributed by atoms with Gasteiger partial charge in [-0.2, -0.15) is 0 Å². The monoisotopic (exact) mass is 350 g/mol. The van der Waals surface area contributed by atoms with Crippen LogP contribution in [0.25, 0.3) is 11.1 Å². The molecule has 2 N–H and O–H groups in total. The number of fused-ring (bicyclic) bond motifs is 1. The SMILES string of the molecule is O=C(CCc1ccc2oc(=O)[nH]c2c1)Nc1ccc(Cl)c(Cl)c1. The predicted molar refractivity (Wildman–Crippen MR) is 90.2 cm³/mol. The summed E-state index contributed by atoms with van der Waals surface area (Å²) in [5.74, 6) is -0.626. The van der Waals surface area contributed by atoms with Crippen LogP contribution in [0.15, 0.2) is 45.6 Å². The van der Waals surface area contributed by atoms with Crippen molar-refractivity contribution in [3.63, 3.8) is 0 Å². The van der Waals surface area contributed by atoms with E-state index in [4.69, 9.17) is 27.6 Å². The molecule has 2 aromatic carbocycles. The number of halogens is 2. The van der Waals surface area contributed by atoms with Crippen molar-refractivity contribution in [1.29, 1.82) is 0 Å². The van der Waals surface area contributed by atoms with Crippen LogP contribution >= 0.6 is 23.2 Å². The molecule has 0 aliphatic rings. The third-order valence-electron chi connectivity index (χ3n) is 3.33. The van der Waals surface area contributed by atoms with Gasteiger partial charge in [0.2, 0.25) is 5.91 Å².